The van der Waals surface area contributed by atoms with Crippen molar-refractivity contribution in [2.45, 2.75) is 39.3 Å². The summed E-state index contributed by atoms with van der Waals surface area (Å²) in [6.45, 7) is 8.09. The predicted molar refractivity (Wildman–Crippen MR) is 99.4 cm³/mol. The van der Waals surface area contributed by atoms with Crippen molar-refractivity contribution in [1.82, 2.24) is 20.4 Å². The van der Waals surface area contributed by atoms with Gasteiger partial charge in [-0.1, -0.05) is 41.9 Å². The Balaban J connectivity index is 1.70. The smallest absolute Gasteiger partial charge is 0.315 e. The summed E-state index contributed by atoms with van der Waals surface area (Å²) in [4.78, 5) is 2.57. The average Bonchev–Trinajstić information content (AvgIpc) is 3.06. The fraction of sp³-hybridized carbons (Fsp3) is 0.579. The van der Waals surface area contributed by atoms with Crippen LogP contribution in [0.25, 0.3) is 0 Å². The molecule has 25 heavy (non-hydrogen) atoms. The van der Waals surface area contributed by atoms with Crippen molar-refractivity contribution in [3.63, 3.8) is 0 Å². The van der Waals surface area contributed by atoms with E-state index in [2.05, 4.69) is 63.8 Å². The molecule has 0 bridgehead atoms. The van der Waals surface area contributed by atoms with Gasteiger partial charge < -0.3 is 15.1 Å². The molecule has 1 atom stereocenters. The molecule has 6 heteroatoms. The van der Waals surface area contributed by atoms with Crippen LogP contribution in [0.2, 0.25) is 0 Å². The lowest BCUT2D eigenvalue weighted by molar-refractivity contribution is 0.143. The van der Waals surface area contributed by atoms with Crippen molar-refractivity contribution >= 4 is 6.01 Å². The SMILES string of the molecule is CNCc1nnc(NCC(c2ccc(C)cc2)N2CCC(C)CC2)o1. The molecule has 1 aliphatic heterocycles. The van der Waals surface area contributed by atoms with Gasteiger partial charge in [-0.15, -0.1) is 5.10 Å². The van der Waals surface area contributed by atoms with Crippen molar-refractivity contribution in [2.24, 2.45) is 5.92 Å². The van der Waals surface area contributed by atoms with Crippen molar-refractivity contribution < 1.29 is 4.42 Å². The molecule has 3 rings (SSSR count). The molecule has 1 aromatic heterocycles. The summed E-state index contributed by atoms with van der Waals surface area (Å²) in [6.07, 6.45) is 2.52. The van der Waals surface area contributed by atoms with E-state index in [1.165, 1.54) is 24.0 Å². The minimum Gasteiger partial charge on any atom is -0.407 e. The van der Waals surface area contributed by atoms with E-state index >= 15 is 0 Å². The summed E-state index contributed by atoms with van der Waals surface area (Å²) in [5.74, 6) is 1.42. The molecular weight excluding hydrogens is 314 g/mol. The molecule has 0 saturated carbocycles. The third-order valence-electron chi connectivity index (χ3n) is 4.96. The van der Waals surface area contributed by atoms with Gasteiger partial charge in [0.15, 0.2) is 0 Å². The second-order valence-electron chi connectivity index (χ2n) is 7.06. The van der Waals surface area contributed by atoms with Crippen LogP contribution in [0.3, 0.4) is 0 Å². The second kappa shape index (κ2) is 8.45. The van der Waals surface area contributed by atoms with Crippen LogP contribution in [0.4, 0.5) is 6.01 Å². The molecule has 1 unspecified atom stereocenters. The molecule has 0 spiro atoms. The molecule has 1 saturated heterocycles. The lowest BCUT2D eigenvalue weighted by atomic mass is 9.95. The van der Waals surface area contributed by atoms with E-state index in [0.717, 1.165) is 25.6 Å². The molecule has 2 N–H and O–H groups in total. The number of likely N-dealkylation sites (tertiary alicyclic amines) is 1. The number of anilines is 1. The number of hydrogen-bond acceptors (Lipinski definition) is 6. The first-order valence-corrected chi connectivity index (χ1v) is 9.17. The highest BCUT2D eigenvalue weighted by Gasteiger charge is 2.25. The van der Waals surface area contributed by atoms with Crippen LogP contribution in [0, 0.1) is 12.8 Å². The van der Waals surface area contributed by atoms with Crippen molar-refractivity contribution in [3.05, 3.63) is 41.3 Å². The fourth-order valence-electron chi connectivity index (χ4n) is 3.32. The Labute approximate surface area is 150 Å². The summed E-state index contributed by atoms with van der Waals surface area (Å²) in [5, 5.41) is 14.5. The van der Waals surface area contributed by atoms with E-state index < -0.39 is 0 Å². The van der Waals surface area contributed by atoms with Gasteiger partial charge in [0.05, 0.1) is 12.6 Å². The first-order valence-electron chi connectivity index (χ1n) is 9.17. The van der Waals surface area contributed by atoms with Crippen LogP contribution in [-0.4, -0.2) is 41.8 Å². The number of aryl methyl sites for hydroxylation is 1. The lowest BCUT2D eigenvalue weighted by Gasteiger charge is -2.37. The van der Waals surface area contributed by atoms with Crippen LogP contribution in [0.15, 0.2) is 28.7 Å². The summed E-state index contributed by atoms with van der Waals surface area (Å²) >= 11 is 0. The molecule has 0 aliphatic carbocycles. The van der Waals surface area contributed by atoms with Crippen LogP contribution in [-0.2, 0) is 6.54 Å². The highest BCUT2D eigenvalue weighted by atomic mass is 16.4. The second-order valence-corrected chi connectivity index (χ2v) is 7.06. The topological polar surface area (TPSA) is 66.2 Å². The van der Waals surface area contributed by atoms with Gasteiger partial charge in [0.1, 0.15) is 0 Å². The lowest BCUT2D eigenvalue weighted by Crippen LogP contribution is -2.39. The van der Waals surface area contributed by atoms with E-state index in [9.17, 15) is 0 Å². The standard InChI is InChI=1S/C19H29N5O/c1-14-4-6-16(7-5-14)17(24-10-8-15(2)9-11-24)12-21-19-23-22-18(25-19)13-20-3/h4-7,15,17,20H,8-13H2,1-3H3,(H,21,23). The number of piperidine rings is 1. The third kappa shape index (κ3) is 4.80. The maximum absolute atomic E-state index is 5.62. The quantitative estimate of drug-likeness (QED) is 0.806. The number of nitrogens with zero attached hydrogens (tertiary/aromatic N) is 3. The fourth-order valence-corrected chi connectivity index (χ4v) is 3.32. The Hall–Kier alpha value is -1.92. The molecule has 1 fully saturated rings. The Bertz CT molecular complexity index is 646. The molecule has 0 amide bonds. The number of nitrogens with one attached hydrogen (secondary N) is 2. The third-order valence-corrected chi connectivity index (χ3v) is 4.96. The summed E-state index contributed by atoms with van der Waals surface area (Å²) in [7, 11) is 1.86. The highest BCUT2D eigenvalue weighted by molar-refractivity contribution is 5.27. The molecule has 1 aliphatic rings. The zero-order chi connectivity index (χ0) is 17.6. The number of hydrogen-bond donors (Lipinski definition) is 2. The van der Waals surface area contributed by atoms with Gasteiger partial charge in [0, 0.05) is 6.54 Å². The molecule has 1 aromatic carbocycles. The normalized spacial score (nSPS) is 17.6. The van der Waals surface area contributed by atoms with Gasteiger partial charge in [0.2, 0.25) is 5.89 Å². The molecular formula is C19H29N5O. The molecule has 6 nitrogen and oxygen atoms in total. The van der Waals surface area contributed by atoms with Crippen molar-refractivity contribution in [1.29, 1.82) is 0 Å². The van der Waals surface area contributed by atoms with Gasteiger partial charge in [0.25, 0.3) is 0 Å². The molecule has 0 radical (unpaired) electrons. The van der Waals surface area contributed by atoms with E-state index in [1.54, 1.807) is 0 Å². The Kier molecular flexibility index (Phi) is 6.04. The zero-order valence-electron chi connectivity index (χ0n) is 15.5. The monoisotopic (exact) mass is 343 g/mol. The zero-order valence-corrected chi connectivity index (χ0v) is 15.5. The van der Waals surface area contributed by atoms with Crippen LogP contribution < -0.4 is 10.6 Å². The Morgan fingerprint density at radius 3 is 2.60 bits per heavy atom. The van der Waals surface area contributed by atoms with Gasteiger partial charge >= 0.3 is 6.01 Å². The maximum atomic E-state index is 5.62. The minimum atomic E-state index is 0.313. The first kappa shape index (κ1) is 17.9. The van der Waals surface area contributed by atoms with Crippen LogP contribution in [0.5, 0.6) is 0 Å². The highest BCUT2D eigenvalue weighted by Crippen LogP contribution is 2.27. The summed E-state index contributed by atoms with van der Waals surface area (Å²) < 4.78 is 5.62. The van der Waals surface area contributed by atoms with Crippen molar-refractivity contribution in [3.8, 4) is 0 Å². The summed E-state index contributed by atoms with van der Waals surface area (Å²) in [5.41, 5.74) is 2.62. The Morgan fingerprint density at radius 2 is 1.92 bits per heavy atom. The Morgan fingerprint density at radius 1 is 1.20 bits per heavy atom. The van der Waals surface area contributed by atoms with E-state index in [4.69, 9.17) is 4.42 Å². The average molecular weight is 343 g/mol. The van der Waals surface area contributed by atoms with Gasteiger partial charge in [-0.3, -0.25) is 4.90 Å². The van der Waals surface area contributed by atoms with E-state index in [-0.39, 0.29) is 0 Å². The molecule has 2 aromatic rings. The van der Waals surface area contributed by atoms with Crippen LogP contribution >= 0.6 is 0 Å². The van der Waals surface area contributed by atoms with Gasteiger partial charge in [-0.05, 0) is 51.4 Å². The number of benzene rings is 1. The van der Waals surface area contributed by atoms with E-state index in [1.807, 2.05) is 7.05 Å². The van der Waals surface area contributed by atoms with Gasteiger partial charge in [-0.25, -0.2) is 0 Å². The summed E-state index contributed by atoms with van der Waals surface area (Å²) in [6, 6.07) is 9.65. The number of rotatable bonds is 7. The molecule has 136 valence electrons. The maximum Gasteiger partial charge on any atom is 0.315 e. The van der Waals surface area contributed by atoms with Gasteiger partial charge in [-0.2, -0.15) is 0 Å². The van der Waals surface area contributed by atoms with Crippen LogP contribution in [0.1, 0.15) is 42.8 Å². The molecule has 2 heterocycles. The predicted octanol–water partition coefficient (Wildman–Crippen LogP) is 2.98. The number of aromatic nitrogens is 2. The largest absolute Gasteiger partial charge is 0.407 e. The van der Waals surface area contributed by atoms with Crippen molar-refractivity contribution in [2.75, 3.05) is 32.0 Å². The van der Waals surface area contributed by atoms with E-state index in [0.29, 0.717) is 24.5 Å². The minimum absolute atomic E-state index is 0.313. The first-order chi connectivity index (χ1) is 12.2.